The topological polar surface area (TPSA) is 78.4 Å². The zero-order valence-corrected chi connectivity index (χ0v) is 18.6. The summed E-state index contributed by atoms with van der Waals surface area (Å²) in [5.41, 5.74) is 0.793. The van der Waals surface area contributed by atoms with Gasteiger partial charge in [0.2, 0.25) is 16.9 Å². The number of nitrogens with one attached hydrogen (secondary N) is 1. The van der Waals surface area contributed by atoms with Crippen molar-refractivity contribution < 1.29 is 9.59 Å². The maximum absolute atomic E-state index is 12.5. The molecule has 1 aromatic heterocycles. The summed E-state index contributed by atoms with van der Waals surface area (Å²) in [6.45, 7) is 3.05. The van der Waals surface area contributed by atoms with Crippen LogP contribution in [-0.4, -0.2) is 58.8 Å². The van der Waals surface area contributed by atoms with E-state index in [1.54, 1.807) is 0 Å². The molecule has 2 amide bonds. The van der Waals surface area contributed by atoms with Crippen molar-refractivity contribution in [3.63, 3.8) is 0 Å². The van der Waals surface area contributed by atoms with Crippen LogP contribution < -0.4 is 10.2 Å². The first kappa shape index (κ1) is 21.1. The van der Waals surface area contributed by atoms with Gasteiger partial charge in [-0.25, -0.2) is 0 Å². The first-order valence-electron chi connectivity index (χ1n) is 10.5. The summed E-state index contributed by atoms with van der Waals surface area (Å²) < 4.78 is 0.785. The molecule has 9 heteroatoms. The van der Waals surface area contributed by atoms with Gasteiger partial charge in [-0.05, 0) is 30.9 Å². The molecule has 0 radical (unpaired) electrons. The number of carbonyl (C=O) groups excluding carboxylic acids is 2. The van der Waals surface area contributed by atoms with E-state index >= 15 is 0 Å². The molecule has 1 saturated heterocycles. The highest BCUT2D eigenvalue weighted by molar-refractivity contribution is 8.01. The van der Waals surface area contributed by atoms with E-state index in [2.05, 4.69) is 20.4 Å². The Hall–Kier alpha value is -2.13. The van der Waals surface area contributed by atoms with Crippen LogP contribution in [0.15, 0.2) is 34.7 Å². The second-order valence-electron chi connectivity index (χ2n) is 7.78. The molecule has 2 heterocycles. The number of thioether (sulfide) groups is 1. The van der Waals surface area contributed by atoms with Gasteiger partial charge in [-0.3, -0.25) is 9.59 Å². The van der Waals surface area contributed by atoms with E-state index < -0.39 is 0 Å². The summed E-state index contributed by atoms with van der Waals surface area (Å²) in [4.78, 5) is 28.8. The number of nitrogens with zero attached hydrogens (tertiary/aromatic N) is 4. The number of carbonyl (C=O) groups is 2. The average molecular weight is 446 g/mol. The van der Waals surface area contributed by atoms with Crippen LogP contribution in [0.5, 0.6) is 0 Å². The van der Waals surface area contributed by atoms with Gasteiger partial charge in [-0.2, -0.15) is 0 Å². The first-order valence-corrected chi connectivity index (χ1v) is 12.3. The fourth-order valence-electron chi connectivity index (χ4n) is 3.97. The lowest BCUT2D eigenvalue weighted by Gasteiger charge is -2.34. The second-order valence-corrected chi connectivity index (χ2v) is 9.95. The summed E-state index contributed by atoms with van der Waals surface area (Å²) in [7, 11) is 0. The third-order valence-corrected chi connectivity index (χ3v) is 7.74. The van der Waals surface area contributed by atoms with Gasteiger partial charge in [0, 0.05) is 38.3 Å². The SMILES string of the molecule is O=C(CSc1nnc(N2CCN(C(=O)CC3CCCC3)CC2)s1)Nc1ccccc1. The Morgan fingerprint density at radius 3 is 2.53 bits per heavy atom. The highest BCUT2D eigenvalue weighted by Gasteiger charge is 2.26. The lowest BCUT2D eigenvalue weighted by atomic mass is 10.0. The van der Waals surface area contributed by atoms with Crippen molar-refractivity contribution in [3.8, 4) is 0 Å². The molecule has 2 aliphatic rings. The Morgan fingerprint density at radius 1 is 1.07 bits per heavy atom. The van der Waals surface area contributed by atoms with E-state index in [1.807, 2.05) is 35.2 Å². The minimum atomic E-state index is -0.0580. The molecule has 2 fully saturated rings. The molecule has 160 valence electrons. The van der Waals surface area contributed by atoms with Crippen molar-refractivity contribution in [3.05, 3.63) is 30.3 Å². The van der Waals surface area contributed by atoms with Crippen LogP contribution in [0.2, 0.25) is 0 Å². The van der Waals surface area contributed by atoms with E-state index in [-0.39, 0.29) is 5.91 Å². The number of benzene rings is 1. The summed E-state index contributed by atoms with van der Waals surface area (Å²) in [5, 5.41) is 12.3. The molecule has 1 aliphatic carbocycles. The lowest BCUT2D eigenvalue weighted by Crippen LogP contribution is -2.49. The van der Waals surface area contributed by atoms with Gasteiger partial charge < -0.3 is 15.1 Å². The maximum atomic E-state index is 12.5. The van der Waals surface area contributed by atoms with Crippen LogP contribution in [0.1, 0.15) is 32.1 Å². The maximum Gasteiger partial charge on any atom is 0.234 e. The summed E-state index contributed by atoms with van der Waals surface area (Å²) in [5.74, 6) is 1.14. The number of hydrogen-bond acceptors (Lipinski definition) is 7. The fourth-order valence-corrected chi connectivity index (χ4v) is 5.66. The third kappa shape index (κ3) is 5.72. The number of piperazine rings is 1. The van der Waals surface area contributed by atoms with E-state index in [0.717, 1.165) is 41.3 Å². The van der Waals surface area contributed by atoms with Crippen LogP contribution in [0.3, 0.4) is 0 Å². The normalized spacial score (nSPS) is 17.3. The van der Waals surface area contributed by atoms with Gasteiger partial charge in [-0.1, -0.05) is 54.1 Å². The Morgan fingerprint density at radius 2 is 1.80 bits per heavy atom. The molecule has 0 unspecified atom stereocenters. The van der Waals surface area contributed by atoms with Crippen molar-refractivity contribution in [1.29, 1.82) is 0 Å². The largest absolute Gasteiger partial charge is 0.343 e. The molecular formula is C21H27N5O2S2. The average Bonchev–Trinajstić information content (AvgIpc) is 3.45. The van der Waals surface area contributed by atoms with E-state index in [1.165, 1.54) is 48.8 Å². The summed E-state index contributed by atoms with van der Waals surface area (Å²) >= 11 is 2.90. The van der Waals surface area contributed by atoms with Crippen LogP contribution in [0, 0.1) is 5.92 Å². The standard InChI is InChI=1S/C21H27N5O2S2/c27-18(22-17-8-2-1-3-9-17)15-29-21-24-23-20(30-21)26-12-10-25(11-13-26)19(28)14-16-6-4-5-7-16/h1-3,8-9,16H,4-7,10-15H2,(H,22,27). The summed E-state index contributed by atoms with van der Waals surface area (Å²) in [6, 6.07) is 9.43. The highest BCUT2D eigenvalue weighted by atomic mass is 32.2. The smallest absolute Gasteiger partial charge is 0.234 e. The molecule has 1 aliphatic heterocycles. The number of hydrogen-bond donors (Lipinski definition) is 1. The van der Waals surface area contributed by atoms with E-state index in [9.17, 15) is 9.59 Å². The molecular weight excluding hydrogens is 418 g/mol. The highest BCUT2D eigenvalue weighted by Crippen LogP contribution is 2.30. The van der Waals surface area contributed by atoms with Gasteiger partial charge in [0.15, 0.2) is 4.34 Å². The molecule has 1 saturated carbocycles. The number of amides is 2. The van der Waals surface area contributed by atoms with E-state index in [4.69, 9.17) is 0 Å². The third-order valence-electron chi connectivity index (χ3n) is 5.62. The van der Waals surface area contributed by atoms with Crippen LogP contribution in [-0.2, 0) is 9.59 Å². The quantitative estimate of drug-likeness (QED) is 0.657. The zero-order valence-electron chi connectivity index (χ0n) is 17.0. The monoisotopic (exact) mass is 445 g/mol. The van der Waals surface area contributed by atoms with E-state index in [0.29, 0.717) is 24.0 Å². The fraction of sp³-hybridized carbons (Fsp3) is 0.524. The van der Waals surface area contributed by atoms with Crippen LogP contribution in [0.4, 0.5) is 10.8 Å². The zero-order chi connectivity index (χ0) is 20.8. The molecule has 2 aromatic rings. The van der Waals surface area contributed by atoms with Gasteiger partial charge in [0.05, 0.1) is 5.75 Å². The number of aromatic nitrogens is 2. The second kappa shape index (κ2) is 10.3. The molecule has 7 nitrogen and oxygen atoms in total. The van der Waals surface area contributed by atoms with Crippen LogP contribution in [0.25, 0.3) is 0 Å². The predicted octanol–water partition coefficient (Wildman–Crippen LogP) is 3.50. The number of para-hydroxylation sites is 1. The van der Waals surface area contributed by atoms with Crippen LogP contribution >= 0.6 is 23.1 Å². The van der Waals surface area contributed by atoms with Crippen molar-refractivity contribution in [2.45, 2.75) is 36.4 Å². The van der Waals surface area contributed by atoms with Crippen molar-refractivity contribution in [2.24, 2.45) is 5.92 Å². The lowest BCUT2D eigenvalue weighted by molar-refractivity contribution is -0.132. The minimum absolute atomic E-state index is 0.0580. The van der Waals surface area contributed by atoms with Crippen molar-refractivity contribution >= 4 is 45.7 Å². The summed E-state index contributed by atoms with van der Waals surface area (Å²) in [6.07, 6.45) is 5.68. The molecule has 1 aromatic carbocycles. The Kier molecular flexibility index (Phi) is 7.22. The van der Waals surface area contributed by atoms with Gasteiger partial charge in [0.1, 0.15) is 0 Å². The number of anilines is 2. The number of rotatable bonds is 7. The van der Waals surface area contributed by atoms with Crippen molar-refractivity contribution in [2.75, 3.05) is 42.1 Å². The van der Waals surface area contributed by atoms with Crippen molar-refractivity contribution in [1.82, 2.24) is 15.1 Å². The minimum Gasteiger partial charge on any atom is -0.343 e. The first-order chi connectivity index (χ1) is 14.7. The molecule has 0 atom stereocenters. The molecule has 0 bridgehead atoms. The Balaban J connectivity index is 1.20. The van der Waals surface area contributed by atoms with Gasteiger partial charge in [-0.15, -0.1) is 10.2 Å². The Labute approximate surface area is 185 Å². The Bertz CT molecular complexity index is 846. The predicted molar refractivity (Wildman–Crippen MR) is 121 cm³/mol. The molecule has 4 rings (SSSR count). The molecule has 1 N–H and O–H groups in total. The van der Waals surface area contributed by atoms with Gasteiger partial charge in [0.25, 0.3) is 0 Å². The molecule has 0 spiro atoms. The molecule has 30 heavy (non-hydrogen) atoms. The van der Waals surface area contributed by atoms with Gasteiger partial charge >= 0.3 is 0 Å².